The summed E-state index contributed by atoms with van der Waals surface area (Å²) in [4.78, 5) is 19.0. The normalized spacial score (nSPS) is 17.1. The molecule has 192 valence electrons. The minimum atomic E-state index is -0.0627. The minimum absolute atomic E-state index is 0.0483. The van der Waals surface area contributed by atoms with E-state index in [4.69, 9.17) is 11.6 Å². The van der Waals surface area contributed by atoms with Crippen LogP contribution in [0.25, 0.3) is 10.9 Å². The summed E-state index contributed by atoms with van der Waals surface area (Å²) < 4.78 is 0. The van der Waals surface area contributed by atoms with Crippen LogP contribution in [0.4, 0.5) is 0 Å². The maximum atomic E-state index is 13.3. The highest BCUT2D eigenvalue weighted by molar-refractivity contribution is 6.31. The quantitative estimate of drug-likeness (QED) is 0.254. The van der Waals surface area contributed by atoms with Crippen LogP contribution in [0.15, 0.2) is 85.1 Å². The molecule has 7 heteroatoms. The van der Waals surface area contributed by atoms with Crippen LogP contribution in [0.2, 0.25) is 5.02 Å². The van der Waals surface area contributed by atoms with Gasteiger partial charge in [0.05, 0.1) is 6.54 Å². The number of aromatic amines is 1. The Kier molecular flexibility index (Phi) is 8.53. The van der Waals surface area contributed by atoms with Crippen molar-refractivity contribution in [2.24, 2.45) is 0 Å². The molecule has 2 unspecified atom stereocenters. The number of carbonyl (C=O) groups excluding carboxylic acids is 1. The maximum absolute atomic E-state index is 13.3. The van der Waals surface area contributed by atoms with Crippen LogP contribution in [-0.2, 0) is 17.8 Å². The third-order valence-corrected chi connectivity index (χ3v) is 7.42. The van der Waals surface area contributed by atoms with Crippen LogP contribution in [0.1, 0.15) is 22.7 Å². The molecule has 2 atom stereocenters. The van der Waals surface area contributed by atoms with E-state index in [-0.39, 0.29) is 18.0 Å². The fourth-order valence-electron chi connectivity index (χ4n) is 5.16. The number of carbonyl (C=O) groups is 1. The molecule has 0 bridgehead atoms. The number of para-hydroxylation sites is 1. The van der Waals surface area contributed by atoms with Gasteiger partial charge in [0.15, 0.2) is 0 Å². The lowest BCUT2D eigenvalue weighted by Gasteiger charge is -2.36. The Hall–Kier alpha value is -3.16. The Morgan fingerprint density at radius 3 is 2.65 bits per heavy atom. The summed E-state index contributed by atoms with van der Waals surface area (Å²) in [6.45, 7) is 4.22. The number of benzene rings is 3. The number of H-pyrrole nitrogens is 1. The highest BCUT2D eigenvalue weighted by atomic mass is 35.5. The number of hydrogen-bond acceptors (Lipinski definition) is 4. The Morgan fingerprint density at radius 1 is 1.00 bits per heavy atom. The number of nitrogens with one attached hydrogen (secondary N) is 4. The van der Waals surface area contributed by atoms with Gasteiger partial charge in [0.1, 0.15) is 0 Å². The van der Waals surface area contributed by atoms with Gasteiger partial charge in [0.25, 0.3) is 0 Å². The van der Waals surface area contributed by atoms with E-state index in [1.807, 2.05) is 36.4 Å². The van der Waals surface area contributed by atoms with Crippen LogP contribution in [0.5, 0.6) is 0 Å². The molecule has 0 saturated carbocycles. The zero-order valence-corrected chi connectivity index (χ0v) is 21.7. The van der Waals surface area contributed by atoms with Gasteiger partial charge in [-0.3, -0.25) is 9.69 Å². The molecule has 37 heavy (non-hydrogen) atoms. The van der Waals surface area contributed by atoms with Gasteiger partial charge in [-0.05, 0) is 35.2 Å². The first kappa shape index (κ1) is 25.5. The lowest BCUT2D eigenvalue weighted by atomic mass is 10.0. The van der Waals surface area contributed by atoms with Crippen LogP contribution in [-0.4, -0.2) is 54.6 Å². The summed E-state index contributed by atoms with van der Waals surface area (Å²) >= 11 is 6.35. The SMILES string of the molecule is O=C(CN1CCNCC1c1ccccc1)NC(CNCc1ccccc1Cl)Cc1c[nH]c2ccccc12. The zero-order chi connectivity index (χ0) is 25.5. The Labute approximate surface area is 223 Å². The molecule has 3 aromatic carbocycles. The van der Waals surface area contributed by atoms with Crippen molar-refractivity contribution in [1.82, 2.24) is 25.8 Å². The van der Waals surface area contributed by atoms with Crippen molar-refractivity contribution in [1.29, 1.82) is 0 Å². The average Bonchev–Trinajstić information content (AvgIpc) is 3.33. The van der Waals surface area contributed by atoms with E-state index < -0.39 is 0 Å². The zero-order valence-electron chi connectivity index (χ0n) is 20.9. The molecule has 0 aliphatic carbocycles. The van der Waals surface area contributed by atoms with Crippen molar-refractivity contribution < 1.29 is 4.79 Å². The third kappa shape index (κ3) is 6.59. The van der Waals surface area contributed by atoms with E-state index in [2.05, 4.69) is 74.5 Å². The highest BCUT2D eigenvalue weighted by Crippen LogP contribution is 2.22. The van der Waals surface area contributed by atoms with Gasteiger partial charge in [-0.15, -0.1) is 0 Å². The van der Waals surface area contributed by atoms with Gasteiger partial charge in [-0.1, -0.05) is 78.3 Å². The summed E-state index contributed by atoms with van der Waals surface area (Å²) in [5.41, 5.74) is 4.59. The van der Waals surface area contributed by atoms with Gasteiger partial charge in [0.2, 0.25) is 5.91 Å². The maximum Gasteiger partial charge on any atom is 0.234 e. The second-order valence-corrected chi connectivity index (χ2v) is 10.1. The van der Waals surface area contributed by atoms with E-state index >= 15 is 0 Å². The van der Waals surface area contributed by atoms with Crippen molar-refractivity contribution in [3.05, 3.63) is 107 Å². The van der Waals surface area contributed by atoms with Gasteiger partial charge in [-0.25, -0.2) is 0 Å². The summed E-state index contributed by atoms with van der Waals surface area (Å²) in [5.74, 6) is 0.0483. The fraction of sp³-hybridized carbons (Fsp3) is 0.300. The predicted molar refractivity (Wildman–Crippen MR) is 151 cm³/mol. The number of fused-ring (bicyclic) bond motifs is 1. The molecule has 0 spiro atoms. The van der Waals surface area contributed by atoms with E-state index in [1.54, 1.807) is 0 Å². The largest absolute Gasteiger partial charge is 0.361 e. The van der Waals surface area contributed by atoms with Gasteiger partial charge in [-0.2, -0.15) is 0 Å². The summed E-state index contributed by atoms with van der Waals surface area (Å²) in [6.07, 6.45) is 2.79. The second-order valence-electron chi connectivity index (χ2n) is 9.65. The lowest BCUT2D eigenvalue weighted by molar-refractivity contribution is -0.123. The number of halogens is 1. The molecule has 4 N–H and O–H groups in total. The number of nitrogens with zero attached hydrogens (tertiary/aromatic N) is 1. The monoisotopic (exact) mass is 515 g/mol. The Bertz CT molecular complexity index is 1310. The molecule has 6 nitrogen and oxygen atoms in total. The van der Waals surface area contributed by atoms with Crippen LogP contribution < -0.4 is 16.0 Å². The molecule has 5 rings (SSSR count). The van der Waals surface area contributed by atoms with Crippen molar-refractivity contribution in [2.45, 2.75) is 25.0 Å². The topological polar surface area (TPSA) is 72.2 Å². The van der Waals surface area contributed by atoms with Crippen LogP contribution in [0.3, 0.4) is 0 Å². The molecule has 1 fully saturated rings. The lowest BCUT2D eigenvalue weighted by Crippen LogP contribution is -2.52. The molecule has 1 aromatic heterocycles. The van der Waals surface area contributed by atoms with E-state index in [9.17, 15) is 4.79 Å². The minimum Gasteiger partial charge on any atom is -0.361 e. The van der Waals surface area contributed by atoms with E-state index in [1.165, 1.54) is 16.5 Å². The molecule has 1 aliphatic rings. The van der Waals surface area contributed by atoms with E-state index in [0.717, 1.165) is 42.2 Å². The van der Waals surface area contributed by atoms with Gasteiger partial charge < -0.3 is 20.9 Å². The summed E-state index contributed by atoms with van der Waals surface area (Å²) in [7, 11) is 0. The third-order valence-electron chi connectivity index (χ3n) is 7.06. The number of amides is 1. The van der Waals surface area contributed by atoms with E-state index in [0.29, 0.717) is 19.6 Å². The van der Waals surface area contributed by atoms with Crippen LogP contribution in [0, 0.1) is 0 Å². The summed E-state index contributed by atoms with van der Waals surface area (Å²) in [6, 6.07) is 26.7. The fourth-order valence-corrected chi connectivity index (χ4v) is 5.36. The molecule has 1 amide bonds. The van der Waals surface area contributed by atoms with Crippen molar-refractivity contribution >= 4 is 28.4 Å². The smallest absolute Gasteiger partial charge is 0.234 e. The van der Waals surface area contributed by atoms with Gasteiger partial charge >= 0.3 is 0 Å². The first-order chi connectivity index (χ1) is 18.2. The molecular formula is C30H34ClN5O. The molecule has 1 aliphatic heterocycles. The average molecular weight is 516 g/mol. The molecule has 4 aromatic rings. The predicted octanol–water partition coefficient (Wildman–Crippen LogP) is 4.28. The van der Waals surface area contributed by atoms with Gasteiger partial charge in [0, 0.05) is 66.9 Å². The first-order valence-electron chi connectivity index (χ1n) is 13.0. The first-order valence-corrected chi connectivity index (χ1v) is 13.3. The highest BCUT2D eigenvalue weighted by Gasteiger charge is 2.26. The van der Waals surface area contributed by atoms with Crippen LogP contribution >= 0.6 is 11.6 Å². The number of hydrogen-bond donors (Lipinski definition) is 4. The molecule has 0 radical (unpaired) electrons. The van der Waals surface area contributed by atoms with Crippen molar-refractivity contribution in [2.75, 3.05) is 32.7 Å². The number of aromatic nitrogens is 1. The number of piperazine rings is 1. The van der Waals surface area contributed by atoms with Crippen molar-refractivity contribution in [3.63, 3.8) is 0 Å². The Morgan fingerprint density at radius 2 is 1.78 bits per heavy atom. The standard InChI is InChI=1S/C30H34ClN5O/c31-27-12-6-4-10-23(27)17-33-19-25(16-24-18-34-28-13-7-5-11-26(24)28)35-30(37)21-36-15-14-32-20-29(36)22-8-2-1-3-9-22/h1-13,18,25,29,32-34H,14-17,19-21H2,(H,35,37). The number of rotatable bonds is 10. The molecule has 1 saturated heterocycles. The van der Waals surface area contributed by atoms with Crippen molar-refractivity contribution in [3.8, 4) is 0 Å². The molecular weight excluding hydrogens is 482 g/mol. The Balaban J connectivity index is 1.27. The second kappa shape index (κ2) is 12.4. The molecule has 2 heterocycles. The summed E-state index contributed by atoms with van der Waals surface area (Å²) in [5, 5.41) is 12.3.